The summed E-state index contributed by atoms with van der Waals surface area (Å²) in [7, 11) is 0. The summed E-state index contributed by atoms with van der Waals surface area (Å²) in [6.45, 7) is 4.36. The molecule has 1 amide bonds. The zero-order valence-corrected chi connectivity index (χ0v) is 19.1. The average molecular weight is 446 g/mol. The first kappa shape index (κ1) is 21.9. The number of thioether (sulfide) groups is 1. The Morgan fingerprint density at radius 1 is 1.06 bits per heavy atom. The van der Waals surface area contributed by atoms with Gasteiger partial charge in [-0.2, -0.15) is 0 Å². The molecule has 1 aromatic heterocycles. The zero-order chi connectivity index (χ0) is 22.5. The number of nitrogens with zero attached hydrogens (tertiary/aromatic N) is 3. The van der Waals surface area contributed by atoms with E-state index in [1.165, 1.54) is 32.8 Å². The number of nitrogen functional groups attached to an aromatic ring is 1. The van der Waals surface area contributed by atoms with Crippen molar-refractivity contribution in [3.8, 4) is 0 Å². The van der Waals surface area contributed by atoms with Crippen molar-refractivity contribution in [3.05, 3.63) is 83.7 Å². The van der Waals surface area contributed by atoms with Crippen LogP contribution < -0.4 is 11.2 Å². The van der Waals surface area contributed by atoms with Crippen LogP contribution in [-0.4, -0.2) is 26.5 Å². The topological polar surface area (TPSA) is 85.8 Å². The van der Waals surface area contributed by atoms with E-state index in [2.05, 4.69) is 65.8 Å². The van der Waals surface area contributed by atoms with Crippen molar-refractivity contribution in [3.63, 3.8) is 0 Å². The third-order valence-electron chi connectivity index (χ3n) is 5.67. The van der Waals surface area contributed by atoms with Gasteiger partial charge in [0.15, 0.2) is 5.82 Å². The number of amides is 1. The summed E-state index contributed by atoms with van der Waals surface area (Å²) in [5.41, 5.74) is 3.20. The SMILES string of the molecule is CC[C@H](C)c1ccc(NC(=O)CSc2nnc(Cc3cccc4ccccc34)n2N)cc1. The standard InChI is InChI=1S/C25H27N5OS/c1-3-17(2)18-11-13-21(14-12-18)27-24(31)16-32-25-29-28-23(30(25)26)15-20-9-6-8-19-7-4-5-10-22(19)20/h4-14,17H,3,15-16,26H2,1-2H3,(H,27,31)/t17-/m0/s1. The lowest BCUT2D eigenvalue weighted by Gasteiger charge is -2.10. The maximum Gasteiger partial charge on any atom is 0.234 e. The Balaban J connectivity index is 1.37. The molecule has 0 saturated carbocycles. The van der Waals surface area contributed by atoms with E-state index < -0.39 is 0 Å². The Morgan fingerprint density at radius 2 is 1.81 bits per heavy atom. The van der Waals surface area contributed by atoms with E-state index in [1.54, 1.807) is 0 Å². The van der Waals surface area contributed by atoms with Crippen LogP contribution in [0.4, 0.5) is 5.69 Å². The molecule has 1 atom stereocenters. The van der Waals surface area contributed by atoms with Gasteiger partial charge in [-0.1, -0.05) is 80.2 Å². The smallest absolute Gasteiger partial charge is 0.234 e. The summed E-state index contributed by atoms with van der Waals surface area (Å²) < 4.78 is 1.47. The van der Waals surface area contributed by atoms with Crippen LogP contribution in [0.15, 0.2) is 71.9 Å². The second-order valence-electron chi connectivity index (χ2n) is 7.85. The molecule has 1 heterocycles. The van der Waals surface area contributed by atoms with Crippen molar-refractivity contribution in [2.24, 2.45) is 0 Å². The normalized spacial score (nSPS) is 12.1. The number of nitrogens with two attached hydrogens (primary N) is 1. The Bertz CT molecular complexity index is 1210. The third-order valence-corrected chi connectivity index (χ3v) is 6.61. The maximum absolute atomic E-state index is 12.4. The Hall–Kier alpha value is -3.32. The number of anilines is 1. The molecule has 7 heteroatoms. The number of rotatable bonds is 8. The minimum atomic E-state index is -0.107. The van der Waals surface area contributed by atoms with Gasteiger partial charge in [-0.05, 0) is 46.4 Å². The third kappa shape index (κ3) is 4.94. The molecular formula is C25H27N5OS. The second-order valence-corrected chi connectivity index (χ2v) is 8.79. The quantitative estimate of drug-likeness (QED) is 0.295. The average Bonchev–Trinajstić information content (AvgIpc) is 3.17. The van der Waals surface area contributed by atoms with Gasteiger partial charge < -0.3 is 11.2 Å². The van der Waals surface area contributed by atoms with Gasteiger partial charge in [-0.25, -0.2) is 4.68 Å². The molecule has 0 bridgehead atoms. The molecule has 3 N–H and O–H groups in total. The summed E-state index contributed by atoms with van der Waals surface area (Å²) in [4.78, 5) is 12.4. The lowest BCUT2D eigenvalue weighted by Crippen LogP contribution is -2.17. The number of fused-ring (bicyclic) bond motifs is 1. The molecule has 4 aromatic rings. The minimum absolute atomic E-state index is 0.107. The maximum atomic E-state index is 12.4. The number of hydrogen-bond acceptors (Lipinski definition) is 5. The molecule has 0 radical (unpaired) electrons. The lowest BCUT2D eigenvalue weighted by molar-refractivity contribution is -0.113. The van der Waals surface area contributed by atoms with Crippen LogP contribution in [0.5, 0.6) is 0 Å². The molecule has 0 aliphatic heterocycles. The van der Waals surface area contributed by atoms with Crippen molar-refractivity contribution in [2.75, 3.05) is 16.9 Å². The second kappa shape index (κ2) is 9.87. The van der Waals surface area contributed by atoms with Crippen molar-refractivity contribution >= 4 is 34.1 Å². The lowest BCUT2D eigenvalue weighted by atomic mass is 9.99. The highest BCUT2D eigenvalue weighted by molar-refractivity contribution is 7.99. The molecule has 0 fully saturated rings. The monoisotopic (exact) mass is 445 g/mol. The summed E-state index contributed by atoms with van der Waals surface area (Å²) in [5, 5.41) is 14.2. The van der Waals surface area contributed by atoms with Crippen LogP contribution in [0.1, 0.15) is 43.1 Å². The first-order chi connectivity index (χ1) is 15.5. The summed E-state index contributed by atoms with van der Waals surface area (Å²) in [5.74, 6) is 7.50. The molecule has 0 aliphatic rings. The highest BCUT2D eigenvalue weighted by atomic mass is 32.2. The zero-order valence-electron chi connectivity index (χ0n) is 18.3. The van der Waals surface area contributed by atoms with E-state index in [9.17, 15) is 4.79 Å². The van der Waals surface area contributed by atoms with Gasteiger partial charge in [0.25, 0.3) is 0 Å². The van der Waals surface area contributed by atoms with Crippen LogP contribution in [0, 0.1) is 0 Å². The Kier molecular flexibility index (Phi) is 6.75. The number of carbonyl (C=O) groups is 1. The molecule has 164 valence electrons. The molecule has 4 rings (SSSR count). The molecule has 0 spiro atoms. The van der Waals surface area contributed by atoms with Crippen molar-refractivity contribution in [1.29, 1.82) is 0 Å². The van der Waals surface area contributed by atoms with E-state index >= 15 is 0 Å². The van der Waals surface area contributed by atoms with Crippen LogP contribution in [0.2, 0.25) is 0 Å². The first-order valence-electron chi connectivity index (χ1n) is 10.7. The fourth-order valence-corrected chi connectivity index (χ4v) is 4.28. The van der Waals surface area contributed by atoms with Gasteiger partial charge in [0.05, 0.1) is 5.75 Å². The predicted octanol–water partition coefficient (Wildman–Crippen LogP) is 4.98. The van der Waals surface area contributed by atoms with Crippen LogP contribution >= 0.6 is 11.8 Å². The van der Waals surface area contributed by atoms with Crippen molar-refractivity contribution in [2.45, 2.75) is 37.8 Å². The van der Waals surface area contributed by atoms with E-state index in [0.717, 1.165) is 17.7 Å². The molecule has 3 aromatic carbocycles. The largest absolute Gasteiger partial charge is 0.336 e. The molecule has 6 nitrogen and oxygen atoms in total. The molecule has 0 saturated heterocycles. The van der Waals surface area contributed by atoms with Gasteiger partial charge >= 0.3 is 0 Å². The van der Waals surface area contributed by atoms with Crippen LogP contribution in [0.3, 0.4) is 0 Å². The summed E-state index contributed by atoms with van der Waals surface area (Å²) in [6, 6.07) is 22.4. The molecule has 32 heavy (non-hydrogen) atoms. The minimum Gasteiger partial charge on any atom is -0.336 e. The van der Waals surface area contributed by atoms with Crippen molar-refractivity contribution in [1.82, 2.24) is 14.9 Å². The number of aromatic nitrogens is 3. The van der Waals surface area contributed by atoms with Gasteiger partial charge in [-0.3, -0.25) is 4.79 Å². The number of carbonyl (C=O) groups excluding carboxylic acids is 1. The number of hydrogen-bond donors (Lipinski definition) is 2. The van der Waals surface area contributed by atoms with Gasteiger partial charge in [0.1, 0.15) is 0 Å². The summed E-state index contributed by atoms with van der Waals surface area (Å²) >= 11 is 1.27. The highest BCUT2D eigenvalue weighted by Gasteiger charge is 2.14. The molecular weight excluding hydrogens is 418 g/mol. The number of nitrogens with one attached hydrogen (secondary N) is 1. The van der Waals surface area contributed by atoms with Gasteiger partial charge in [-0.15, -0.1) is 10.2 Å². The fraction of sp³-hybridized carbons (Fsp3) is 0.240. The van der Waals surface area contributed by atoms with E-state index in [0.29, 0.717) is 23.3 Å². The van der Waals surface area contributed by atoms with E-state index in [1.807, 2.05) is 30.3 Å². The first-order valence-corrected chi connectivity index (χ1v) is 11.7. The highest BCUT2D eigenvalue weighted by Crippen LogP contribution is 2.23. The Labute approximate surface area is 192 Å². The predicted molar refractivity (Wildman–Crippen MR) is 131 cm³/mol. The summed E-state index contributed by atoms with van der Waals surface area (Å²) in [6.07, 6.45) is 1.66. The van der Waals surface area contributed by atoms with Gasteiger partial charge in [0, 0.05) is 12.1 Å². The molecule has 0 aliphatic carbocycles. The Morgan fingerprint density at radius 3 is 2.59 bits per heavy atom. The van der Waals surface area contributed by atoms with Crippen LogP contribution in [-0.2, 0) is 11.2 Å². The van der Waals surface area contributed by atoms with E-state index in [4.69, 9.17) is 5.84 Å². The van der Waals surface area contributed by atoms with Gasteiger partial charge in [0.2, 0.25) is 11.1 Å². The van der Waals surface area contributed by atoms with Crippen LogP contribution in [0.25, 0.3) is 10.8 Å². The fourth-order valence-electron chi connectivity index (χ4n) is 3.60. The van der Waals surface area contributed by atoms with Crippen molar-refractivity contribution < 1.29 is 4.79 Å². The number of benzene rings is 3. The molecule has 0 unspecified atom stereocenters. The van der Waals surface area contributed by atoms with E-state index in [-0.39, 0.29) is 11.7 Å².